The number of methoxy groups -OCH3 is 2. The molecule has 5 heteroatoms. The van der Waals surface area contributed by atoms with Gasteiger partial charge in [-0.05, 0) is 0 Å². The van der Waals surface area contributed by atoms with E-state index in [1.54, 1.807) is 14.2 Å². The van der Waals surface area contributed by atoms with E-state index in [1.807, 2.05) is 0 Å². The second-order valence-electron chi connectivity index (χ2n) is 2.76. The molecule has 0 aromatic heterocycles. The molecule has 1 aliphatic heterocycles. The van der Waals surface area contributed by atoms with Gasteiger partial charge in [-0.15, -0.1) is 0 Å². The largest absolute Gasteiger partial charge is 0.382 e. The Morgan fingerprint density at radius 2 is 1.62 bits per heavy atom. The van der Waals surface area contributed by atoms with E-state index in [0.29, 0.717) is 19.5 Å². The molecule has 1 fully saturated rings. The molecular formula is C8H14O5. The molecule has 2 atom stereocenters. The van der Waals surface area contributed by atoms with Crippen molar-refractivity contribution in [2.75, 3.05) is 27.4 Å². The Morgan fingerprint density at radius 3 is 1.92 bits per heavy atom. The standard InChI is InChI=1S/C8H14O5/c1-10-4-6-7(5-11-2)13-8(3-9)12-6/h3,6-8H,4-5H2,1-2H3/t6-,7-/m0/s1. The Labute approximate surface area is 76.9 Å². The van der Waals surface area contributed by atoms with Crippen molar-refractivity contribution in [3.8, 4) is 0 Å². The summed E-state index contributed by atoms with van der Waals surface area (Å²) in [4.78, 5) is 10.4. The fourth-order valence-electron chi connectivity index (χ4n) is 1.24. The van der Waals surface area contributed by atoms with Gasteiger partial charge in [-0.3, -0.25) is 4.79 Å². The van der Waals surface area contributed by atoms with Crippen LogP contribution in [0, 0.1) is 0 Å². The Bertz CT molecular complexity index is 147. The third-order valence-corrected chi connectivity index (χ3v) is 1.81. The highest BCUT2D eigenvalue weighted by Crippen LogP contribution is 2.18. The van der Waals surface area contributed by atoms with E-state index in [-0.39, 0.29) is 12.2 Å². The van der Waals surface area contributed by atoms with E-state index >= 15 is 0 Å². The summed E-state index contributed by atoms with van der Waals surface area (Å²) in [5.41, 5.74) is 0. The number of aldehydes is 1. The summed E-state index contributed by atoms with van der Waals surface area (Å²) in [5, 5.41) is 0. The summed E-state index contributed by atoms with van der Waals surface area (Å²) >= 11 is 0. The van der Waals surface area contributed by atoms with Gasteiger partial charge < -0.3 is 18.9 Å². The van der Waals surface area contributed by atoms with Gasteiger partial charge in [0.15, 0.2) is 6.29 Å². The minimum Gasteiger partial charge on any atom is -0.382 e. The summed E-state index contributed by atoms with van der Waals surface area (Å²) in [7, 11) is 3.14. The molecule has 0 aromatic carbocycles. The molecule has 1 aliphatic rings. The second-order valence-corrected chi connectivity index (χ2v) is 2.76. The van der Waals surface area contributed by atoms with Crippen LogP contribution < -0.4 is 0 Å². The maximum atomic E-state index is 10.4. The van der Waals surface area contributed by atoms with Gasteiger partial charge >= 0.3 is 0 Å². The first-order valence-corrected chi connectivity index (χ1v) is 4.06. The predicted molar refractivity (Wildman–Crippen MR) is 43.4 cm³/mol. The molecule has 0 saturated carbocycles. The average molecular weight is 190 g/mol. The number of carbonyl (C=O) groups is 1. The van der Waals surface area contributed by atoms with Gasteiger partial charge in [0.05, 0.1) is 13.2 Å². The van der Waals surface area contributed by atoms with Crippen LogP contribution in [-0.4, -0.2) is 52.2 Å². The summed E-state index contributed by atoms with van der Waals surface area (Å²) in [6, 6.07) is 0. The lowest BCUT2D eigenvalue weighted by Crippen LogP contribution is -2.30. The molecule has 1 heterocycles. The lowest BCUT2D eigenvalue weighted by Gasteiger charge is -2.14. The molecule has 0 amide bonds. The molecule has 0 radical (unpaired) electrons. The van der Waals surface area contributed by atoms with Crippen LogP contribution in [0.1, 0.15) is 0 Å². The third-order valence-electron chi connectivity index (χ3n) is 1.81. The molecule has 13 heavy (non-hydrogen) atoms. The first-order chi connectivity index (χ1) is 6.31. The van der Waals surface area contributed by atoms with E-state index in [0.717, 1.165) is 0 Å². The number of carbonyl (C=O) groups excluding carboxylic acids is 1. The zero-order valence-electron chi connectivity index (χ0n) is 7.76. The highest BCUT2D eigenvalue weighted by Gasteiger charge is 2.35. The molecule has 76 valence electrons. The van der Waals surface area contributed by atoms with Crippen LogP contribution in [0.25, 0.3) is 0 Å². The monoisotopic (exact) mass is 190 g/mol. The number of hydrogen-bond donors (Lipinski definition) is 0. The number of ether oxygens (including phenoxy) is 4. The summed E-state index contributed by atoms with van der Waals surface area (Å²) < 4.78 is 20.3. The molecule has 0 aromatic rings. The van der Waals surface area contributed by atoms with Crippen molar-refractivity contribution in [1.29, 1.82) is 0 Å². The van der Waals surface area contributed by atoms with Gasteiger partial charge in [0.1, 0.15) is 12.2 Å². The first-order valence-electron chi connectivity index (χ1n) is 4.06. The van der Waals surface area contributed by atoms with Crippen LogP contribution in [-0.2, 0) is 23.7 Å². The van der Waals surface area contributed by atoms with Crippen molar-refractivity contribution in [2.45, 2.75) is 18.5 Å². The minimum atomic E-state index is -0.778. The van der Waals surface area contributed by atoms with Gasteiger partial charge in [0.25, 0.3) is 0 Å². The third kappa shape index (κ3) is 2.73. The molecule has 0 spiro atoms. The van der Waals surface area contributed by atoms with Crippen molar-refractivity contribution in [2.24, 2.45) is 0 Å². The summed E-state index contributed by atoms with van der Waals surface area (Å²) in [6.45, 7) is 0.802. The maximum Gasteiger partial charge on any atom is 0.215 e. The lowest BCUT2D eigenvalue weighted by molar-refractivity contribution is -0.136. The zero-order valence-corrected chi connectivity index (χ0v) is 7.76. The molecular weight excluding hydrogens is 176 g/mol. The van der Waals surface area contributed by atoms with E-state index in [9.17, 15) is 4.79 Å². The van der Waals surface area contributed by atoms with Crippen molar-refractivity contribution in [3.05, 3.63) is 0 Å². The van der Waals surface area contributed by atoms with Crippen molar-refractivity contribution < 1.29 is 23.7 Å². The summed E-state index contributed by atoms with van der Waals surface area (Å²) in [6.07, 6.45) is -0.598. The Balaban J connectivity index is 2.43. The average Bonchev–Trinajstić information content (AvgIpc) is 2.50. The molecule has 5 nitrogen and oxygen atoms in total. The van der Waals surface area contributed by atoms with Gasteiger partial charge in [0.2, 0.25) is 6.29 Å². The molecule has 1 saturated heterocycles. The molecule has 0 unspecified atom stereocenters. The lowest BCUT2D eigenvalue weighted by atomic mass is 10.2. The number of rotatable bonds is 5. The van der Waals surface area contributed by atoms with Crippen LogP contribution >= 0.6 is 0 Å². The minimum absolute atomic E-state index is 0.222. The van der Waals surface area contributed by atoms with Crippen molar-refractivity contribution in [1.82, 2.24) is 0 Å². The van der Waals surface area contributed by atoms with Crippen molar-refractivity contribution in [3.63, 3.8) is 0 Å². The highest BCUT2D eigenvalue weighted by atomic mass is 16.7. The van der Waals surface area contributed by atoms with Gasteiger partial charge in [-0.1, -0.05) is 0 Å². The Morgan fingerprint density at radius 1 is 1.15 bits per heavy atom. The van der Waals surface area contributed by atoms with E-state index in [2.05, 4.69) is 0 Å². The van der Waals surface area contributed by atoms with Crippen LogP contribution in [0.5, 0.6) is 0 Å². The first kappa shape index (κ1) is 10.6. The quantitative estimate of drug-likeness (QED) is 0.551. The molecule has 0 N–H and O–H groups in total. The number of hydrogen-bond acceptors (Lipinski definition) is 5. The van der Waals surface area contributed by atoms with Gasteiger partial charge in [0, 0.05) is 14.2 Å². The molecule has 1 rings (SSSR count). The topological polar surface area (TPSA) is 54.0 Å². The highest BCUT2D eigenvalue weighted by molar-refractivity contribution is 5.54. The van der Waals surface area contributed by atoms with E-state index < -0.39 is 6.29 Å². The van der Waals surface area contributed by atoms with Gasteiger partial charge in [-0.25, -0.2) is 0 Å². The van der Waals surface area contributed by atoms with E-state index in [4.69, 9.17) is 18.9 Å². The second kappa shape index (κ2) is 5.29. The molecule has 0 aliphatic carbocycles. The maximum absolute atomic E-state index is 10.4. The molecule has 0 bridgehead atoms. The van der Waals surface area contributed by atoms with Crippen LogP contribution in [0.2, 0.25) is 0 Å². The predicted octanol–water partition coefficient (Wildman–Crippen LogP) is -0.412. The normalized spacial score (nSPS) is 29.4. The van der Waals surface area contributed by atoms with Crippen LogP contribution in [0.15, 0.2) is 0 Å². The Kier molecular flexibility index (Phi) is 4.31. The summed E-state index contributed by atoms with van der Waals surface area (Å²) in [5.74, 6) is 0. The smallest absolute Gasteiger partial charge is 0.215 e. The fourth-order valence-corrected chi connectivity index (χ4v) is 1.24. The SMILES string of the molecule is COC[C@@H]1OC(C=O)O[C@H]1COC. The van der Waals surface area contributed by atoms with Crippen LogP contribution in [0.4, 0.5) is 0 Å². The van der Waals surface area contributed by atoms with Gasteiger partial charge in [-0.2, -0.15) is 0 Å². The van der Waals surface area contributed by atoms with Crippen LogP contribution in [0.3, 0.4) is 0 Å². The van der Waals surface area contributed by atoms with Crippen molar-refractivity contribution >= 4 is 6.29 Å². The zero-order chi connectivity index (χ0) is 9.68. The Hall–Kier alpha value is -0.490. The van der Waals surface area contributed by atoms with E-state index in [1.165, 1.54) is 0 Å². The fraction of sp³-hybridized carbons (Fsp3) is 0.875.